The normalized spacial score (nSPS) is 11.2. The number of Topliss-reactive ketones (excluding diaryl/α,β-unsaturated/α-hetero) is 1. The standard InChI is InChI=1S/C24H21NO6S/c1-2-30-12-13-31-20-19-21(32-22(20)24(28)29)16-10-6-7-11-17(16)25(23(19)27)14-18(26)15-8-4-3-5-9-15/h3-11H,2,12-14H2,1H3,(H,28,29). The first-order valence-electron chi connectivity index (χ1n) is 10.1. The molecule has 0 radical (unpaired) electrons. The molecule has 0 saturated heterocycles. The number of aromatic carboxylic acids is 1. The quantitative estimate of drug-likeness (QED) is 0.303. The number of hydrogen-bond acceptors (Lipinski definition) is 6. The lowest BCUT2D eigenvalue weighted by Crippen LogP contribution is -2.25. The summed E-state index contributed by atoms with van der Waals surface area (Å²) < 4.78 is 12.9. The minimum Gasteiger partial charge on any atom is -0.489 e. The van der Waals surface area contributed by atoms with E-state index in [4.69, 9.17) is 9.47 Å². The van der Waals surface area contributed by atoms with Gasteiger partial charge < -0.3 is 14.6 Å². The molecule has 7 nitrogen and oxygen atoms in total. The van der Waals surface area contributed by atoms with Gasteiger partial charge in [-0.3, -0.25) is 14.2 Å². The highest BCUT2D eigenvalue weighted by Gasteiger charge is 2.25. The lowest BCUT2D eigenvalue weighted by atomic mass is 10.1. The van der Waals surface area contributed by atoms with Crippen LogP contribution in [-0.4, -0.2) is 41.2 Å². The van der Waals surface area contributed by atoms with Gasteiger partial charge in [-0.2, -0.15) is 0 Å². The number of hydrogen-bond donors (Lipinski definition) is 1. The number of carbonyl (C=O) groups excluding carboxylic acids is 1. The van der Waals surface area contributed by atoms with Gasteiger partial charge in [0.15, 0.2) is 16.4 Å². The largest absolute Gasteiger partial charge is 0.489 e. The van der Waals surface area contributed by atoms with Crippen LogP contribution in [0.25, 0.3) is 21.0 Å². The van der Waals surface area contributed by atoms with E-state index in [9.17, 15) is 19.5 Å². The van der Waals surface area contributed by atoms with Crippen LogP contribution in [0.15, 0.2) is 59.4 Å². The summed E-state index contributed by atoms with van der Waals surface area (Å²) in [5, 5.41) is 10.6. The zero-order valence-electron chi connectivity index (χ0n) is 17.4. The molecule has 1 N–H and O–H groups in total. The molecule has 0 unspecified atom stereocenters. The maximum atomic E-state index is 13.6. The number of carboxylic acids is 1. The van der Waals surface area contributed by atoms with Gasteiger partial charge in [0.25, 0.3) is 5.56 Å². The van der Waals surface area contributed by atoms with Crippen molar-refractivity contribution in [1.29, 1.82) is 0 Å². The summed E-state index contributed by atoms with van der Waals surface area (Å²) in [5.41, 5.74) is 0.597. The topological polar surface area (TPSA) is 94.8 Å². The van der Waals surface area contributed by atoms with Crippen LogP contribution in [0.3, 0.4) is 0 Å². The number of carboxylic acid groups (broad SMARTS) is 1. The molecule has 2 aromatic carbocycles. The Morgan fingerprint density at radius 1 is 1.03 bits per heavy atom. The Labute approximate surface area is 187 Å². The zero-order chi connectivity index (χ0) is 22.7. The van der Waals surface area contributed by atoms with Crippen molar-refractivity contribution in [3.63, 3.8) is 0 Å². The molecule has 2 heterocycles. The van der Waals surface area contributed by atoms with Crippen LogP contribution >= 0.6 is 11.3 Å². The van der Waals surface area contributed by atoms with Gasteiger partial charge in [-0.25, -0.2) is 4.79 Å². The Bertz CT molecular complexity index is 1360. The number of aromatic nitrogens is 1. The number of thiophene rings is 1. The van der Waals surface area contributed by atoms with Crippen molar-refractivity contribution in [2.75, 3.05) is 19.8 Å². The van der Waals surface area contributed by atoms with E-state index in [1.807, 2.05) is 25.1 Å². The summed E-state index contributed by atoms with van der Waals surface area (Å²) in [6, 6.07) is 15.9. The fraction of sp³-hybridized carbons (Fsp3) is 0.208. The first-order valence-corrected chi connectivity index (χ1v) is 10.9. The maximum Gasteiger partial charge on any atom is 0.349 e. The number of benzene rings is 2. The van der Waals surface area contributed by atoms with E-state index in [1.165, 1.54) is 4.57 Å². The van der Waals surface area contributed by atoms with Gasteiger partial charge in [-0.1, -0.05) is 48.5 Å². The summed E-state index contributed by atoms with van der Waals surface area (Å²) >= 11 is 1.000. The molecule has 2 aromatic heterocycles. The Hall–Kier alpha value is -3.49. The lowest BCUT2D eigenvalue weighted by molar-refractivity contribution is 0.0693. The summed E-state index contributed by atoms with van der Waals surface area (Å²) in [7, 11) is 0. The number of ketones is 1. The summed E-state index contributed by atoms with van der Waals surface area (Å²) in [4.78, 5) is 38.3. The fourth-order valence-electron chi connectivity index (χ4n) is 3.59. The van der Waals surface area contributed by atoms with Crippen LogP contribution in [0.1, 0.15) is 27.0 Å². The molecule has 4 rings (SSSR count). The highest BCUT2D eigenvalue weighted by molar-refractivity contribution is 7.22. The number of para-hydroxylation sites is 1. The third kappa shape index (κ3) is 4.02. The Kier molecular flexibility index (Phi) is 6.34. The second kappa shape index (κ2) is 9.33. The molecule has 0 aliphatic carbocycles. The van der Waals surface area contributed by atoms with Crippen LogP contribution in [0.5, 0.6) is 5.75 Å². The second-order valence-corrected chi connectivity index (χ2v) is 8.03. The van der Waals surface area contributed by atoms with E-state index in [0.717, 1.165) is 11.3 Å². The molecular weight excluding hydrogens is 430 g/mol. The van der Waals surface area contributed by atoms with E-state index >= 15 is 0 Å². The average Bonchev–Trinajstić information content (AvgIpc) is 3.20. The molecule has 0 bridgehead atoms. The Morgan fingerprint density at radius 2 is 1.75 bits per heavy atom. The van der Waals surface area contributed by atoms with Gasteiger partial charge in [0.2, 0.25) is 0 Å². The average molecular weight is 452 g/mol. The first kappa shape index (κ1) is 21.7. The first-order chi connectivity index (χ1) is 15.5. The van der Waals surface area contributed by atoms with E-state index in [0.29, 0.717) is 27.8 Å². The van der Waals surface area contributed by atoms with Crippen molar-refractivity contribution < 1.29 is 24.2 Å². The molecule has 8 heteroatoms. The van der Waals surface area contributed by atoms with E-state index in [1.54, 1.807) is 36.4 Å². The summed E-state index contributed by atoms with van der Waals surface area (Å²) in [5.74, 6) is -1.37. The third-order valence-corrected chi connectivity index (χ3v) is 6.23. The van der Waals surface area contributed by atoms with Crippen molar-refractivity contribution in [2.45, 2.75) is 13.5 Å². The number of fused-ring (bicyclic) bond motifs is 3. The molecule has 0 fully saturated rings. The van der Waals surface area contributed by atoms with Crippen LogP contribution in [0.4, 0.5) is 0 Å². The van der Waals surface area contributed by atoms with E-state index in [-0.39, 0.29) is 41.6 Å². The smallest absolute Gasteiger partial charge is 0.349 e. The summed E-state index contributed by atoms with van der Waals surface area (Å²) in [6.07, 6.45) is 0. The van der Waals surface area contributed by atoms with Crippen molar-refractivity contribution in [1.82, 2.24) is 4.57 Å². The van der Waals surface area contributed by atoms with Crippen molar-refractivity contribution in [3.8, 4) is 5.75 Å². The maximum absolute atomic E-state index is 13.6. The molecule has 0 amide bonds. The van der Waals surface area contributed by atoms with Crippen molar-refractivity contribution in [2.24, 2.45) is 0 Å². The molecule has 0 saturated carbocycles. The highest BCUT2D eigenvalue weighted by atomic mass is 32.1. The van der Waals surface area contributed by atoms with Crippen molar-refractivity contribution in [3.05, 3.63) is 75.4 Å². The number of rotatable bonds is 9. The predicted molar refractivity (Wildman–Crippen MR) is 123 cm³/mol. The van der Waals surface area contributed by atoms with Gasteiger partial charge in [0.1, 0.15) is 12.0 Å². The minimum atomic E-state index is -1.17. The molecule has 0 aliphatic rings. The molecule has 0 atom stereocenters. The van der Waals surface area contributed by atoms with Gasteiger partial charge in [-0.05, 0) is 13.0 Å². The monoisotopic (exact) mass is 451 g/mol. The fourth-order valence-corrected chi connectivity index (χ4v) is 4.70. The number of pyridine rings is 1. The van der Waals surface area contributed by atoms with Crippen molar-refractivity contribution >= 4 is 44.1 Å². The third-order valence-electron chi connectivity index (χ3n) is 5.03. The minimum absolute atomic E-state index is 0.0221. The van der Waals surface area contributed by atoms with Crippen LogP contribution < -0.4 is 10.3 Å². The molecule has 32 heavy (non-hydrogen) atoms. The molecule has 0 aliphatic heterocycles. The van der Waals surface area contributed by atoms with Crippen LogP contribution in [0.2, 0.25) is 0 Å². The molecule has 164 valence electrons. The number of ether oxygens (including phenoxy) is 2. The highest BCUT2D eigenvalue weighted by Crippen LogP contribution is 2.39. The van der Waals surface area contributed by atoms with Crippen LogP contribution in [0, 0.1) is 0 Å². The zero-order valence-corrected chi connectivity index (χ0v) is 18.2. The van der Waals surface area contributed by atoms with Gasteiger partial charge in [0, 0.05) is 17.6 Å². The molecule has 0 spiro atoms. The SMILES string of the molecule is CCOCCOc1c(C(=O)O)sc2c1c(=O)n(CC(=O)c1ccccc1)c1ccccc21. The van der Waals surface area contributed by atoms with Crippen LogP contribution in [-0.2, 0) is 11.3 Å². The molecule has 4 aromatic rings. The van der Waals surface area contributed by atoms with Gasteiger partial charge in [0.05, 0.1) is 23.4 Å². The Morgan fingerprint density at radius 3 is 2.47 bits per heavy atom. The second-order valence-electron chi connectivity index (χ2n) is 7.01. The summed E-state index contributed by atoms with van der Waals surface area (Å²) in [6.45, 7) is 2.54. The predicted octanol–water partition coefficient (Wildman–Crippen LogP) is 4.21. The van der Waals surface area contributed by atoms with E-state index < -0.39 is 11.5 Å². The number of nitrogens with zero attached hydrogens (tertiary/aromatic N) is 1. The van der Waals surface area contributed by atoms with Gasteiger partial charge >= 0.3 is 5.97 Å². The number of carbonyl (C=O) groups is 2. The molecular formula is C24H21NO6S. The Balaban J connectivity index is 1.91. The lowest BCUT2D eigenvalue weighted by Gasteiger charge is -2.12. The van der Waals surface area contributed by atoms with Gasteiger partial charge in [-0.15, -0.1) is 11.3 Å². The van der Waals surface area contributed by atoms with E-state index in [2.05, 4.69) is 0 Å².